The molecule has 0 spiro atoms. The van der Waals surface area contributed by atoms with Crippen molar-refractivity contribution >= 4 is 31.6 Å². The van der Waals surface area contributed by atoms with E-state index < -0.39 is 26.2 Å². The van der Waals surface area contributed by atoms with Gasteiger partial charge in [-0.2, -0.15) is 4.31 Å². The van der Waals surface area contributed by atoms with Crippen molar-refractivity contribution in [2.75, 3.05) is 43.8 Å². The van der Waals surface area contributed by atoms with E-state index in [1.54, 1.807) is 43.3 Å². The van der Waals surface area contributed by atoms with Gasteiger partial charge in [-0.15, -0.1) is 0 Å². The molecule has 1 atom stereocenters. The molecule has 35 heavy (non-hydrogen) atoms. The van der Waals surface area contributed by atoms with E-state index in [-0.39, 0.29) is 24.0 Å². The molecular formula is C23H31N3O7S2. The highest BCUT2D eigenvalue weighted by Crippen LogP contribution is 2.23. The number of amides is 1. The summed E-state index contributed by atoms with van der Waals surface area (Å²) in [5.74, 6) is 0.597. The number of ether oxygens (including phenoxy) is 2. The normalized spacial score (nSPS) is 15.4. The Morgan fingerprint density at radius 2 is 1.57 bits per heavy atom. The Kier molecular flexibility index (Phi) is 8.62. The molecule has 1 aliphatic rings. The summed E-state index contributed by atoms with van der Waals surface area (Å²) in [5, 5.41) is 2.72. The van der Waals surface area contributed by atoms with Crippen molar-refractivity contribution in [2.45, 2.75) is 30.8 Å². The summed E-state index contributed by atoms with van der Waals surface area (Å²) in [5.41, 5.74) is 0.482. The Labute approximate surface area is 206 Å². The van der Waals surface area contributed by atoms with E-state index in [9.17, 15) is 21.6 Å². The molecule has 1 fully saturated rings. The Hall–Kier alpha value is -2.83. The molecule has 0 aromatic heterocycles. The molecule has 0 unspecified atom stereocenters. The Morgan fingerprint density at radius 1 is 1.00 bits per heavy atom. The number of nitrogens with one attached hydrogen (secondary N) is 1. The van der Waals surface area contributed by atoms with Gasteiger partial charge >= 0.3 is 0 Å². The van der Waals surface area contributed by atoms with Crippen LogP contribution >= 0.6 is 0 Å². The first-order valence-corrected chi connectivity index (χ1v) is 14.5. The number of carbonyl (C=O) groups is 1. The lowest BCUT2D eigenvalue weighted by atomic mass is 10.3. The maximum Gasteiger partial charge on any atom is 0.260 e. The van der Waals surface area contributed by atoms with Crippen LogP contribution in [0.4, 0.5) is 5.69 Å². The van der Waals surface area contributed by atoms with Crippen molar-refractivity contribution in [1.82, 2.24) is 9.62 Å². The van der Waals surface area contributed by atoms with Crippen LogP contribution < -0.4 is 19.1 Å². The fourth-order valence-electron chi connectivity index (χ4n) is 3.46. The van der Waals surface area contributed by atoms with Crippen LogP contribution in [0.1, 0.15) is 19.8 Å². The molecule has 1 N–H and O–H groups in total. The van der Waals surface area contributed by atoms with Crippen molar-refractivity contribution in [3.8, 4) is 11.5 Å². The van der Waals surface area contributed by atoms with Crippen LogP contribution in [0.2, 0.25) is 0 Å². The predicted molar refractivity (Wildman–Crippen MR) is 133 cm³/mol. The first kappa shape index (κ1) is 26.8. The summed E-state index contributed by atoms with van der Waals surface area (Å²) in [6.45, 7) is 3.14. The summed E-state index contributed by atoms with van der Waals surface area (Å²) in [4.78, 5) is 12.5. The third-order valence-electron chi connectivity index (χ3n) is 5.58. The van der Waals surface area contributed by atoms with Gasteiger partial charge in [-0.05, 0) is 68.3 Å². The van der Waals surface area contributed by atoms with Crippen LogP contribution in [0.3, 0.4) is 0 Å². The number of carbonyl (C=O) groups excluding carboxylic acids is 1. The number of rotatable bonds is 11. The maximum absolute atomic E-state index is 12.6. The lowest BCUT2D eigenvalue weighted by Crippen LogP contribution is -2.38. The zero-order valence-electron chi connectivity index (χ0n) is 20.0. The Morgan fingerprint density at radius 3 is 2.14 bits per heavy atom. The number of benzene rings is 2. The van der Waals surface area contributed by atoms with Gasteiger partial charge in [0.15, 0.2) is 6.10 Å². The number of hydrogen-bond donors (Lipinski definition) is 1. The molecule has 1 saturated heterocycles. The fourth-order valence-corrected chi connectivity index (χ4v) is 5.48. The van der Waals surface area contributed by atoms with Crippen LogP contribution in [0.5, 0.6) is 11.5 Å². The summed E-state index contributed by atoms with van der Waals surface area (Å²) >= 11 is 0. The molecule has 12 heteroatoms. The molecular weight excluding hydrogens is 494 g/mol. The summed E-state index contributed by atoms with van der Waals surface area (Å²) < 4.78 is 62.2. The highest BCUT2D eigenvalue weighted by Gasteiger charge is 2.27. The second-order valence-electron chi connectivity index (χ2n) is 8.21. The smallest absolute Gasteiger partial charge is 0.260 e. The molecule has 2 aromatic rings. The first-order chi connectivity index (χ1) is 16.5. The van der Waals surface area contributed by atoms with Crippen LogP contribution in [0.15, 0.2) is 53.4 Å². The SMILES string of the molecule is C[C@@H](Oc1ccc(N(C)S(C)(=O)=O)cc1)C(=O)NCCOc1ccc(S(=O)(=O)N2CCCC2)cc1. The number of sulfonamides is 2. The van der Waals surface area contributed by atoms with Crippen LogP contribution in [0, 0.1) is 0 Å². The molecule has 0 aliphatic carbocycles. The first-order valence-electron chi connectivity index (χ1n) is 11.2. The van der Waals surface area contributed by atoms with Crippen LogP contribution in [-0.2, 0) is 24.8 Å². The molecule has 0 saturated carbocycles. The van der Waals surface area contributed by atoms with E-state index in [2.05, 4.69) is 5.32 Å². The predicted octanol–water partition coefficient (Wildman–Crippen LogP) is 1.83. The van der Waals surface area contributed by atoms with Gasteiger partial charge in [-0.25, -0.2) is 16.8 Å². The second kappa shape index (κ2) is 11.3. The van der Waals surface area contributed by atoms with Gasteiger partial charge in [-0.1, -0.05) is 0 Å². The quantitative estimate of drug-likeness (QED) is 0.444. The van der Waals surface area contributed by atoms with Crippen molar-refractivity contribution in [1.29, 1.82) is 0 Å². The van der Waals surface area contributed by atoms with Crippen molar-refractivity contribution in [3.05, 3.63) is 48.5 Å². The highest BCUT2D eigenvalue weighted by atomic mass is 32.2. The fraction of sp³-hybridized carbons (Fsp3) is 0.435. The minimum absolute atomic E-state index is 0.198. The van der Waals surface area contributed by atoms with Crippen molar-refractivity contribution < 1.29 is 31.1 Å². The number of nitrogens with zero attached hydrogens (tertiary/aromatic N) is 2. The minimum atomic E-state index is -3.46. The molecule has 1 aliphatic heterocycles. The molecule has 0 bridgehead atoms. The third kappa shape index (κ3) is 7.09. The lowest BCUT2D eigenvalue weighted by molar-refractivity contribution is -0.127. The average Bonchev–Trinajstić information content (AvgIpc) is 3.37. The molecule has 192 valence electrons. The summed E-state index contributed by atoms with van der Waals surface area (Å²) in [6, 6.07) is 12.6. The van der Waals surface area contributed by atoms with Crippen molar-refractivity contribution in [2.24, 2.45) is 0 Å². The molecule has 2 aromatic carbocycles. The van der Waals surface area contributed by atoms with Crippen LogP contribution in [0.25, 0.3) is 0 Å². The minimum Gasteiger partial charge on any atom is -0.492 e. The summed E-state index contributed by atoms with van der Waals surface area (Å²) in [6.07, 6.45) is 2.10. The standard InChI is InChI=1S/C23H31N3O7S2/c1-18(33-21-8-6-19(7-9-21)25(2)34(3,28)29)23(27)24-14-17-32-20-10-12-22(13-11-20)35(30,31)26-15-4-5-16-26/h6-13,18H,4-5,14-17H2,1-3H3,(H,24,27)/t18-/m1/s1. The van der Waals surface area contributed by atoms with Gasteiger partial charge in [0.1, 0.15) is 18.1 Å². The van der Waals surface area contributed by atoms with Gasteiger partial charge in [0.05, 0.1) is 23.4 Å². The zero-order valence-corrected chi connectivity index (χ0v) is 21.6. The average molecular weight is 526 g/mol. The molecule has 1 heterocycles. The molecule has 10 nitrogen and oxygen atoms in total. The van der Waals surface area contributed by atoms with E-state index in [1.165, 1.54) is 23.5 Å². The maximum atomic E-state index is 12.6. The molecule has 3 rings (SSSR count). The van der Waals surface area contributed by atoms with Gasteiger partial charge in [0.25, 0.3) is 5.91 Å². The van der Waals surface area contributed by atoms with Crippen LogP contribution in [-0.4, -0.2) is 72.7 Å². The lowest BCUT2D eigenvalue weighted by Gasteiger charge is -2.18. The zero-order chi connectivity index (χ0) is 25.6. The van der Waals surface area contributed by atoms with Gasteiger partial charge in [0.2, 0.25) is 20.0 Å². The van der Waals surface area contributed by atoms with E-state index in [0.29, 0.717) is 30.3 Å². The number of hydrogen-bond acceptors (Lipinski definition) is 7. The monoisotopic (exact) mass is 525 g/mol. The highest BCUT2D eigenvalue weighted by molar-refractivity contribution is 7.92. The van der Waals surface area contributed by atoms with E-state index >= 15 is 0 Å². The topological polar surface area (TPSA) is 122 Å². The van der Waals surface area contributed by atoms with E-state index in [0.717, 1.165) is 23.4 Å². The van der Waals surface area contributed by atoms with E-state index in [4.69, 9.17) is 9.47 Å². The molecule has 0 radical (unpaired) electrons. The van der Waals surface area contributed by atoms with Gasteiger partial charge in [0, 0.05) is 20.1 Å². The Bertz CT molecular complexity index is 1210. The Balaban J connectivity index is 1.42. The van der Waals surface area contributed by atoms with Crippen molar-refractivity contribution in [3.63, 3.8) is 0 Å². The molecule has 1 amide bonds. The summed E-state index contributed by atoms with van der Waals surface area (Å²) in [7, 11) is -5.37. The van der Waals surface area contributed by atoms with Gasteiger partial charge < -0.3 is 14.8 Å². The van der Waals surface area contributed by atoms with Gasteiger partial charge in [-0.3, -0.25) is 9.10 Å². The van der Waals surface area contributed by atoms with E-state index in [1.807, 2.05) is 0 Å². The second-order valence-corrected chi connectivity index (χ2v) is 12.2. The largest absolute Gasteiger partial charge is 0.492 e. The number of anilines is 1. The third-order valence-corrected chi connectivity index (χ3v) is 8.70.